The predicted molar refractivity (Wildman–Crippen MR) is 85.6 cm³/mol. The van der Waals surface area contributed by atoms with Crippen LogP contribution in [0.5, 0.6) is 0 Å². The second kappa shape index (κ2) is 6.90. The number of halogens is 2. The fourth-order valence-corrected chi connectivity index (χ4v) is 3.03. The third-order valence-corrected chi connectivity index (χ3v) is 4.28. The molecule has 1 aliphatic heterocycles. The number of aromatic nitrogens is 2. The molecule has 0 amide bonds. The largest absolute Gasteiger partial charge is 0.353 e. The fourth-order valence-electron chi connectivity index (χ4n) is 2.76. The summed E-state index contributed by atoms with van der Waals surface area (Å²) in [5, 5.41) is 9.80. The molecule has 3 rings (SSSR count). The van der Waals surface area contributed by atoms with Crippen LogP contribution in [0.2, 0.25) is 5.02 Å². The molecule has 0 unspecified atom stereocenters. The molecule has 0 radical (unpaired) electrons. The van der Waals surface area contributed by atoms with E-state index in [9.17, 15) is 9.65 Å². The first-order chi connectivity index (χ1) is 11.2. The average Bonchev–Trinajstić information content (AvgIpc) is 2.59. The Morgan fingerprint density at radius 1 is 1.22 bits per heavy atom. The Labute approximate surface area is 138 Å². The van der Waals surface area contributed by atoms with Crippen LogP contribution in [0.1, 0.15) is 11.6 Å². The summed E-state index contributed by atoms with van der Waals surface area (Å²) >= 11 is 6.10. The molecule has 0 N–H and O–H groups in total. The molecule has 0 aliphatic carbocycles. The molecular weight excluding hydrogens is 317 g/mol. The molecule has 1 saturated heterocycles. The number of rotatable bonds is 3. The van der Waals surface area contributed by atoms with Gasteiger partial charge in [0.05, 0.1) is 12.3 Å². The fraction of sp³-hybridized carbons (Fsp3) is 0.312. The number of anilines is 1. The van der Waals surface area contributed by atoms with Crippen LogP contribution in [0.25, 0.3) is 0 Å². The second-order valence-electron chi connectivity index (χ2n) is 5.25. The minimum absolute atomic E-state index is 0.254. The smallest absolute Gasteiger partial charge is 0.147 e. The van der Waals surface area contributed by atoms with Gasteiger partial charge >= 0.3 is 0 Å². The molecule has 1 aromatic heterocycles. The number of benzene rings is 1. The highest BCUT2D eigenvalue weighted by atomic mass is 35.5. The standard InChI is InChI=1S/C16H15ClFN5/c17-12-2-1-3-13(18)16(12)14(10-19)22-6-8-23(9-7-22)15-11-20-4-5-21-15/h1-5,11,14H,6-9H2/t14-/m1/s1. The lowest BCUT2D eigenvalue weighted by molar-refractivity contribution is 0.218. The Morgan fingerprint density at radius 3 is 2.61 bits per heavy atom. The Kier molecular flexibility index (Phi) is 4.70. The maximum Gasteiger partial charge on any atom is 0.147 e. The van der Waals surface area contributed by atoms with Crippen molar-refractivity contribution in [1.29, 1.82) is 5.26 Å². The summed E-state index contributed by atoms with van der Waals surface area (Å²) in [7, 11) is 0. The van der Waals surface area contributed by atoms with Crippen molar-refractivity contribution in [2.75, 3.05) is 31.1 Å². The van der Waals surface area contributed by atoms with Crippen LogP contribution in [-0.2, 0) is 0 Å². The molecule has 5 nitrogen and oxygen atoms in total. The molecule has 7 heteroatoms. The van der Waals surface area contributed by atoms with E-state index in [4.69, 9.17) is 11.6 Å². The summed E-state index contributed by atoms with van der Waals surface area (Å²) in [6, 6.07) is 5.98. The predicted octanol–water partition coefficient (Wildman–Crippen LogP) is 2.66. The van der Waals surface area contributed by atoms with Gasteiger partial charge in [0.1, 0.15) is 17.7 Å². The van der Waals surface area contributed by atoms with Crippen molar-refractivity contribution in [3.8, 4) is 6.07 Å². The van der Waals surface area contributed by atoms with Gasteiger partial charge in [-0.05, 0) is 12.1 Å². The van der Waals surface area contributed by atoms with E-state index < -0.39 is 11.9 Å². The molecule has 2 heterocycles. The topological polar surface area (TPSA) is 56.1 Å². The highest BCUT2D eigenvalue weighted by Crippen LogP contribution is 2.30. The summed E-state index contributed by atoms with van der Waals surface area (Å²) in [5.41, 5.74) is 0.254. The van der Waals surface area contributed by atoms with E-state index in [0.29, 0.717) is 26.2 Å². The van der Waals surface area contributed by atoms with Gasteiger partial charge in [-0.3, -0.25) is 9.88 Å². The first-order valence-electron chi connectivity index (χ1n) is 7.29. The SMILES string of the molecule is N#C[C@H](c1c(F)cccc1Cl)N1CCN(c2cnccn2)CC1. The summed E-state index contributed by atoms with van der Waals surface area (Å²) < 4.78 is 14.1. The lowest BCUT2D eigenvalue weighted by Gasteiger charge is -2.37. The van der Waals surface area contributed by atoms with Crippen molar-refractivity contribution in [3.63, 3.8) is 0 Å². The Hall–Kier alpha value is -2.23. The molecule has 23 heavy (non-hydrogen) atoms. The second-order valence-corrected chi connectivity index (χ2v) is 5.66. The van der Waals surface area contributed by atoms with E-state index >= 15 is 0 Å². The van der Waals surface area contributed by atoms with Gasteiger partial charge in [-0.2, -0.15) is 5.26 Å². The number of hydrogen-bond acceptors (Lipinski definition) is 5. The molecule has 1 atom stereocenters. The van der Waals surface area contributed by atoms with Gasteiger partial charge in [0.15, 0.2) is 0 Å². The number of hydrogen-bond donors (Lipinski definition) is 0. The Balaban J connectivity index is 1.75. The van der Waals surface area contributed by atoms with Crippen LogP contribution >= 0.6 is 11.6 Å². The first-order valence-corrected chi connectivity index (χ1v) is 7.67. The average molecular weight is 332 g/mol. The van der Waals surface area contributed by atoms with Gasteiger partial charge in [-0.1, -0.05) is 17.7 Å². The molecule has 1 aromatic carbocycles. The zero-order chi connectivity index (χ0) is 16.2. The quantitative estimate of drug-likeness (QED) is 0.865. The maximum absolute atomic E-state index is 14.1. The monoisotopic (exact) mass is 331 g/mol. The summed E-state index contributed by atoms with van der Waals surface area (Å²) in [5.74, 6) is 0.366. The van der Waals surface area contributed by atoms with Crippen LogP contribution in [0, 0.1) is 17.1 Å². The highest BCUT2D eigenvalue weighted by molar-refractivity contribution is 6.31. The minimum atomic E-state index is -0.687. The first kappa shape index (κ1) is 15.7. The molecular formula is C16H15ClFN5. The molecule has 118 valence electrons. The highest BCUT2D eigenvalue weighted by Gasteiger charge is 2.28. The van der Waals surface area contributed by atoms with Gasteiger partial charge in [0.25, 0.3) is 0 Å². The third kappa shape index (κ3) is 3.26. The van der Waals surface area contributed by atoms with E-state index in [-0.39, 0.29) is 10.6 Å². The van der Waals surface area contributed by atoms with Crippen molar-refractivity contribution in [1.82, 2.24) is 14.9 Å². The molecule has 0 saturated carbocycles. The van der Waals surface area contributed by atoms with Crippen molar-refractivity contribution in [2.24, 2.45) is 0 Å². The van der Waals surface area contributed by atoms with Gasteiger partial charge in [-0.25, -0.2) is 9.37 Å². The lowest BCUT2D eigenvalue weighted by Crippen LogP contribution is -2.48. The summed E-state index contributed by atoms with van der Waals surface area (Å²) in [6.45, 7) is 2.64. The van der Waals surface area contributed by atoms with Crippen molar-refractivity contribution in [3.05, 3.63) is 53.2 Å². The number of piperazine rings is 1. The van der Waals surface area contributed by atoms with Crippen LogP contribution in [-0.4, -0.2) is 41.0 Å². The molecule has 2 aromatic rings. The minimum Gasteiger partial charge on any atom is -0.353 e. The Bertz CT molecular complexity index is 690. The van der Waals surface area contributed by atoms with Crippen LogP contribution in [0.4, 0.5) is 10.2 Å². The summed E-state index contributed by atoms with van der Waals surface area (Å²) in [4.78, 5) is 12.4. The van der Waals surface area contributed by atoms with Crippen molar-refractivity contribution < 1.29 is 4.39 Å². The normalized spacial score (nSPS) is 16.8. The van der Waals surface area contributed by atoms with Crippen LogP contribution in [0.3, 0.4) is 0 Å². The van der Waals surface area contributed by atoms with Crippen LogP contribution < -0.4 is 4.90 Å². The molecule has 0 spiro atoms. The van der Waals surface area contributed by atoms with E-state index in [1.54, 1.807) is 30.7 Å². The Morgan fingerprint density at radius 2 is 2.00 bits per heavy atom. The van der Waals surface area contributed by atoms with Gasteiger partial charge in [0, 0.05) is 49.2 Å². The number of nitriles is 1. The van der Waals surface area contributed by atoms with E-state index in [1.165, 1.54) is 6.07 Å². The molecule has 1 fully saturated rings. The van der Waals surface area contributed by atoms with Crippen molar-refractivity contribution in [2.45, 2.75) is 6.04 Å². The van der Waals surface area contributed by atoms with Crippen LogP contribution in [0.15, 0.2) is 36.8 Å². The van der Waals surface area contributed by atoms with Gasteiger partial charge in [-0.15, -0.1) is 0 Å². The van der Waals surface area contributed by atoms with E-state index in [0.717, 1.165) is 5.82 Å². The van der Waals surface area contributed by atoms with Crippen molar-refractivity contribution >= 4 is 17.4 Å². The summed E-state index contributed by atoms with van der Waals surface area (Å²) in [6.07, 6.45) is 5.00. The van der Waals surface area contributed by atoms with Gasteiger partial charge in [0.2, 0.25) is 0 Å². The van der Waals surface area contributed by atoms with E-state index in [1.807, 2.05) is 4.90 Å². The molecule has 1 aliphatic rings. The third-order valence-electron chi connectivity index (χ3n) is 3.95. The zero-order valence-corrected chi connectivity index (χ0v) is 13.1. The zero-order valence-electron chi connectivity index (χ0n) is 12.4. The van der Waals surface area contributed by atoms with E-state index in [2.05, 4.69) is 20.9 Å². The lowest BCUT2D eigenvalue weighted by atomic mass is 10.0. The molecule has 0 bridgehead atoms. The maximum atomic E-state index is 14.1. The number of nitrogens with zero attached hydrogens (tertiary/aromatic N) is 5. The van der Waals surface area contributed by atoms with Gasteiger partial charge < -0.3 is 4.90 Å².